The number of hydrogen-bond acceptors (Lipinski definition) is 4. The van der Waals surface area contributed by atoms with Gasteiger partial charge in [0, 0.05) is 25.8 Å². The summed E-state index contributed by atoms with van der Waals surface area (Å²) in [5.41, 5.74) is 5.81. The number of ether oxygens (including phenoxy) is 2. The Labute approximate surface area is 135 Å². The van der Waals surface area contributed by atoms with Crippen molar-refractivity contribution in [2.45, 2.75) is 25.8 Å². The van der Waals surface area contributed by atoms with Crippen molar-refractivity contribution in [3.8, 4) is 11.5 Å². The highest BCUT2D eigenvalue weighted by atomic mass is 16.5. The third-order valence-corrected chi connectivity index (χ3v) is 4.07. The summed E-state index contributed by atoms with van der Waals surface area (Å²) < 4.78 is 10.7. The topological polar surface area (TPSA) is 81.1 Å². The Bertz CT molecular complexity index is 576. The van der Waals surface area contributed by atoms with Crippen LogP contribution in [0.2, 0.25) is 0 Å². The molecule has 0 saturated carbocycles. The SMILES string of the molecule is COc1ccc([C@H]2CCC[NH+]2CC(=O)NNC(C)=O)c(OC)c1. The van der Waals surface area contributed by atoms with Crippen LogP contribution in [0.1, 0.15) is 31.4 Å². The molecule has 7 heteroatoms. The number of rotatable bonds is 5. The van der Waals surface area contributed by atoms with Crippen LogP contribution in [0.3, 0.4) is 0 Å². The van der Waals surface area contributed by atoms with Crippen LogP contribution in [-0.4, -0.2) is 39.1 Å². The number of carbonyl (C=O) groups is 2. The van der Waals surface area contributed by atoms with E-state index in [9.17, 15) is 9.59 Å². The van der Waals surface area contributed by atoms with Crippen molar-refractivity contribution in [1.29, 1.82) is 0 Å². The second kappa shape index (κ2) is 7.82. The molecule has 23 heavy (non-hydrogen) atoms. The van der Waals surface area contributed by atoms with Crippen molar-refractivity contribution in [3.05, 3.63) is 23.8 Å². The molecule has 1 unspecified atom stereocenters. The number of hydrazine groups is 1. The van der Waals surface area contributed by atoms with Gasteiger partial charge in [0.2, 0.25) is 5.91 Å². The van der Waals surface area contributed by atoms with E-state index in [0.717, 1.165) is 41.3 Å². The molecule has 2 amide bonds. The molecule has 1 aliphatic heterocycles. The van der Waals surface area contributed by atoms with Crippen molar-refractivity contribution in [1.82, 2.24) is 10.9 Å². The van der Waals surface area contributed by atoms with E-state index in [0.29, 0.717) is 6.54 Å². The summed E-state index contributed by atoms with van der Waals surface area (Å²) in [6.07, 6.45) is 2.04. The van der Waals surface area contributed by atoms with Gasteiger partial charge in [-0.1, -0.05) is 0 Å². The lowest BCUT2D eigenvalue weighted by molar-refractivity contribution is -0.910. The second-order valence-electron chi connectivity index (χ2n) is 5.62. The standard InChI is InChI=1S/C16H23N3O4/c1-11(20)17-18-16(21)10-19-8-4-5-14(19)13-7-6-12(22-2)9-15(13)23-3/h6-7,9,14H,4-5,8,10H2,1-3H3,(H,17,20)(H,18,21)/p+1/t14-/m1/s1. The number of carbonyl (C=O) groups excluding carboxylic acids is 2. The molecule has 1 fully saturated rings. The van der Waals surface area contributed by atoms with Crippen molar-refractivity contribution < 1.29 is 24.0 Å². The van der Waals surface area contributed by atoms with E-state index >= 15 is 0 Å². The van der Waals surface area contributed by atoms with E-state index < -0.39 is 0 Å². The van der Waals surface area contributed by atoms with Gasteiger partial charge in [0.25, 0.3) is 5.91 Å². The zero-order chi connectivity index (χ0) is 16.8. The smallest absolute Gasteiger partial charge is 0.293 e. The minimum absolute atomic E-state index is 0.193. The molecule has 2 rings (SSSR count). The maximum Gasteiger partial charge on any atom is 0.293 e. The lowest BCUT2D eigenvalue weighted by atomic mass is 10.0. The quantitative estimate of drug-likeness (QED) is 0.644. The summed E-state index contributed by atoms with van der Waals surface area (Å²) in [4.78, 5) is 24.0. The molecule has 1 aromatic rings. The van der Waals surface area contributed by atoms with E-state index in [1.165, 1.54) is 6.92 Å². The number of nitrogens with one attached hydrogen (secondary N) is 3. The molecule has 7 nitrogen and oxygen atoms in total. The average molecular weight is 322 g/mol. The summed E-state index contributed by atoms with van der Waals surface area (Å²) >= 11 is 0. The molecule has 3 N–H and O–H groups in total. The van der Waals surface area contributed by atoms with Crippen LogP contribution >= 0.6 is 0 Å². The second-order valence-corrected chi connectivity index (χ2v) is 5.62. The highest BCUT2D eigenvalue weighted by Crippen LogP contribution is 2.31. The fourth-order valence-electron chi connectivity index (χ4n) is 3.01. The van der Waals surface area contributed by atoms with Crippen LogP contribution in [0.5, 0.6) is 11.5 Å². The first-order valence-electron chi connectivity index (χ1n) is 7.67. The Kier molecular flexibility index (Phi) is 5.81. The van der Waals surface area contributed by atoms with Gasteiger partial charge in [-0.05, 0) is 12.1 Å². The first-order chi connectivity index (χ1) is 11.0. The van der Waals surface area contributed by atoms with Gasteiger partial charge in [-0.3, -0.25) is 20.4 Å². The zero-order valence-corrected chi connectivity index (χ0v) is 13.8. The summed E-state index contributed by atoms with van der Waals surface area (Å²) in [6, 6.07) is 5.96. The lowest BCUT2D eigenvalue weighted by Crippen LogP contribution is -3.11. The van der Waals surface area contributed by atoms with Gasteiger partial charge in [0.05, 0.1) is 26.3 Å². The molecule has 1 heterocycles. The molecule has 2 atom stereocenters. The molecule has 0 aliphatic carbocycles. The molecule has 1 aromatic carbocycles. The number of methoxy groups -OCH3 is 2. The van der Waals surface area contributed by atoms with E-state index in [4.69, 9.17) is 9.47 Å². The summed E-state index contributed by atoms with van der Waals surface area (Å²) in [5.74, 6) is 1.03. The lowest BCUT2D eigenvalue weighted by Gasteiger charge is -2.23. The maximum atomic E-state index is 11.9. The minimum Gasteiger partial charge on any atom is -0.497 e. The Morgan fingerprint density at radius 3 is 2.70 bits per heavy atom. The van der Waals surface area contributed by atoms with Gasteiger partial charge in [-0.25, -0.2) is 0 Å². The fraction of sp³-hybridized carbons (Fsp3) is 0.500. The van der Waals surface area contributed by atoms with Crippen molar-refractivity contribution >= 4 is 11.8 Å². The van der Waals surface area contributed by atoms with Gasteiger partial charge in [-0.2, -0.15) is 0 Å². The molecular formula is C16H24N3O4+. The molecule has 0 radical (unpaired) electrons. The fourth-order valence-corrected chi connectivity index (χ4v) is 3.01. The molecule has 1 aliphatic rings. The third-order valence-electron chi connectivity index (χ3n) is 4.07. The predicted octanol–water partition coefficient (Wildman–Crippen LogP) is -0.409. The Hall–Kier alpha value is -2.28. The normalized spacial score (nSPS) is 20.0. The van der Waals surface area contributed by atoms with Crippen LogP contribution in [-0.2, 0) is 9.59 Å². The van der Waals surface area contributed by atoms with Gasteiger partial charge in [0.15, 0.2) is 6.54 Å². The summed E-state index contributed by atoms with van der Waals surface area (Å²) in [6.45, 7) is 2.57. The Morgan fingerprint density at radius 1 is 1.26 bits per heavy atom. The van der Waals surface area contributed by atoms with E-state index in [-0.39, 0.29) is 17.9 Å². The predicted molar refractivity (Wildman–Crippen MR) is 84.2 cm³/mol. The first kappa shape index (κ1) is 17.1. The van der Waals surface area contributed by atoms with Gasteiger partial charge >= 0.3 is 0 Å². The van der Waals surface area contributed by atoms with Gasteiger partial charge < -0.3 is 14.4 Å². The van der Waals surface area contributed by atoms with Crippen molar-refractivity contribution in [2.75, 3.05) is 27.3 Å². The van der Waals surface area contributed by atoms with E-state index in [1.807, 2.05) is 18.2 Å². The summed E-state index contributed by atoms with van der Waals surface area (Å²) in [7, 11) is 3.25. The number of quaternary nitrogens is 1. The molecule has 0 aromatic heterocycles. The van der Waals surface area contributed by atoms with Crippen LogP contribution < -0.4 is 25.2 Å². The maximum absolute atomic E-state index is 11.9. The monoisotopic (exact) mass is 322 g/mol. The van der Waals surface area contributed by atoms with Gasteiger partial charge in [-0.15, -0.1) is 0 Å². The first-order valence-corrected chi connectivity index (χ1v) is 7.67. The van der Waals surface area contributed by atoms with E-state index in [1.54, 1.807) is 14.2 Å². The molecule has 0 spiro atoms. The largest absolute Gasteiger partial charge is 0.497 e. The Balaban J connectivity index is 2.09. The molecule has 126 valence electrons. The number of likely N-dealkylation sites (tertiary alicyclic amines) is 1. The number of amides is 2. The van der Waals surface area contributed by atoms with Gasteiger partial charge in [0.1, 0.15) is 17.5 Å². The summed E-state index contributed by atoms with van der Waals surface area (Å²) in [5, 5.41) is 0. The van der Waals surface area contributed by atoms with Crippen molar-refractivity contribution in [2.24, 2.45) is 0 Å². The molecule has 1 saturated heterocycles. The third kappa shape index (κ3) is 4.35. The molecule has 0 bridgehead atoms. The van der Waals surface area contributed by atoms with Crippen LogP contribution in [0.4, 0.5) is 0 Å². The van der Waals surface area contributed by atoms with Crippen LogP contribution in [0, 0.1) is 0 Å². The number of hydrogen-bond donors (Lipinski definition) is 3. The average Bonchev–Trinajstić information content (AvgIpc) is 3.00. The zero-order valence-electron chi connectivity index (χ0n) is 13.8. The highest BCUT2D eigenvalue weighted by Gasteiger charge is 2.33. The van der Waals surface area contributed by atoms with Crippen molar-refractivity contribution in [3.63, 3.8) is 0 Å². The van der Waals surface area contributed by atoms with Crippen LogP contribution in [0.25, 0.3) is 0 Å². The number of benzene rings is 1. The molecular weight excluding hydrogens is 298 g/mol. The Morgan fingerprint density at radius 2 is 2.04 bits per heavy atom. The highest BCUT2D eigenvalue weighted by molar-refractivity contribution is 5.81. The van der Waals surface area contributed by atoms with E-state index in [2.05, 4.69) is 10.9 Å². The van der Waals surface area contributed by atoms with Crippen LogP contribution in [0.15, 0.2) is 18.2 Å². The minimum atomic E-state index is -0.289.